The van der Waals surface area contributed by atoms with E-state index in [-0.39, 0.29) is 0 Å². The van der Waals surface area contributed by atoms with Crippen LogP contribution in [0, 0.1) is 6.54 Å². The van der Waals surface area contributed by atoms with Gasteiger partial charge in [0.1, 0.15) is 5.75 Å². The van der Waals surface area contributed by atoms with Crippen LogP contribution in [-0.2, 0) is 0 Å². The van der Waals surface area contributed by atoms with Crippen molar-refractivity contribution in [3.63, 3.8) is 0 Å². The average Bonchev–Trinajstić information content (AvgIpc) is 2.05. The predicted molar refractivity (Wildman–Crippen MR) is 49.0 cm³/mol. The molecule has 1 aromatic rings. The Bertz CT molecular complexity index is 228. The zero-order valence-electron chi connectivity index (χ0n) is 7.66. The van der Waals surface area contributed by atoms with Gasteiger partial charge in [-0.25, -0.2) is 0 Å². The van der Waals surface area contributed by atoms with Crippen molar-refractivity contribution in [3.8, 4) is 5.75 Å². The van der Waals surface area contributed by atoms with E-state index in [0.717, 1.165) is 11.3 Å². The second-order valence-corrected chi connectivity index (χ2v) is 2.73. The van der Waals surface area contributed by atoms with Gasteiger partial charge in [-0.15, -0.1) is 0 Å². The van der Waals surface area contributed by atoms with E-state index in [4.69, 9.17) is 4.74 Å². The Morgan fingerprint density at radius 3 is 2.17 bits per heavy atom. The van der Waals surface area contributed by atoms with Crippen molar-refractivity contribution in [1.82, 2.24) is 4.90 Å². The maximum atomic E-state index is 5.03. The Morgan fingerprint density at radius 2 is 1.75 bits per heavy atom. The van der Waals surface area contributed by atoms with Gasteiger partial charge in [0, 0.05) is 0 Å². The molecule has 0 atom stereocenters. The van der Waals surface area contributed by atoms with Crippen LogP contribution in [0.5, 0.6) is 5.75 Å². The summed E-state index contributed by atoms with van der Waals surface area (Å²) in [5.41, 5.74) is 1.06. The largest absolute Gasteiger partial charge is 0.497 e. The van der Waals surface area contributed by atoms with Gasteiger partial charge in [-0.3, -0.25) is 4.90 Å². The maximum Gasteiger partial charge on any atom is 0.118 e. The van der Waals surface area contributed by atoms with Crippen LogP contribution in [0.2, 0.25) is 0 Å². The van der Waals surface area contributed by atoms with Crippen molar-refractivity contribution in [2.24, 2.45) is 0 Å². The number of hydrogen-bond acceptors (Lipinski definition) is 2. The molecule has 0 fully saturated rings. The maximum absolute atomic E-state index is 5.03. The van der Waals surface area contributed by atoms with Crippen molar-refractivity contribution in [2.45, 2.75) is 0 Å². The van der Waals surface area contributed by atoms with Crippen LogP contribution in [0.3, 0.4) is 0 Å². The summed E-state index contributed by atoms with van der Waals surface area (Å²) in [4.78, 5) is 1.89. The molecule has 0 heterocycles. The standard InChI is InChI=1S/C10H13NO/c1-11(2)8-9-4-6-10(12-3)7-5-9/h4-7H,1-3H3. The minimum absolute atomic E-state index is 0.874. The van der Waals surface area contributed by atoms with Gasteiger partial charge >= 0.3 is 0 Å². The van der Waals surface area contributed by atoms with E-state index in [1.807, 2.05) is 43.3 Å². The zero-order valence-corrected chi connectivity index (χ0v) is 7.66. The van der Waals surface area contributed by atoms with Gasteiger partial charge in [0.25, 0.3) is 0 Å². The first-order valence-corrected chi connectivity index (χ1v) is 3.80. The van der Waals surface area contributed by atoms with E-state index in [9.17, 15) is 0 Å². The molecule has 0 aliphatic rings. The molecule has 0 saturated heterocycles. The number of methoxy groups -OCH3 is 1. The van der Waals surface area contributed by atoms with Gasteiger partial charge in [-0.05, 0) is 31.8 Å². The second kappa shape index (κ2) is 4.12. The third-order valence-electron chi connectivity index (χ3n) is 1.44. The molecular weight excluding hydrogens is 150 g/mol. The third-order valence-corrected chi connectivity index (χ3v) is 1.44. The molecule has 2 heteroatoms. The molecule has 0 saturated carbocycles. The van der Waals surface area contributed by atoms with Crippen LogP contribution in [-0.4, -0.2) is 26.1 Å². The Balaban J connectivity index is 2.65. The normalized spacial score (nSPS) is 10.3. The molecule has 12 heavy (non-hydrogen) atoms. The van der Waals surface area contributed by atoms with Crippen LogP contribution in [0.1, 0.15) is 5.56 Å². The number of nitrogens with zero attached hydrogens (tertiary/aromatic N) is 1. The Morgan fingerprint density at radius 1 is 1.17 bits per heavy atom. The fourth-order valence-corrected chi connectivity index (χ4v) is 0.924. The van der Waals surface area contributed by atoms with Crippen molar-refractivity contribution < 1.29 is 4.74 Å². The lowest BCUT2D eigenvalue weighted by atomic mass is 10.2. The summed E-state index contributed by atoms with van der Waals surface area (Å²) in [6, 6.07) is 7.79. The van der Waals surface area contributed by atoms with Gasteiger partial charge < -0.3 is 4.74 Å². The lowest BCUT2D eigenvalue weighted by Crippen LogP contribution is -2.07. The SMILES string of the molecule is COc1ccc([C]N(C)C)cc1. The highest BCUT2D eigenvalue weighted by Gasteiger charge is 1.96. The van der Waals surface area contributed by atoms with Gasteiger partial charge in [-0.1, -0.05) is 12.1 Å². The van der Waals surface area contributed by atoms with E-state index in [0.29, 0.717) is 0 Å². The molecule has 0 unspecified atom stereocenters. The molecule has 0 amide bonds. The van der Waals surface area contributed by atoms with Gasteiger partial charge in [0.2, 0.25) is 0 Å². The highest BCUT2D eigenvalue weighted by atomic mass is 16.5. The lowest BCUT2D eigenvalue weighted by molar-refractivity contribution is 0.414. The molecule has 0 N–H and O–H groups in total. The summed E-state index contributed by atoms with van der Waals surface area (Å²) in [7, 11) is 5.56. The zero-order chi connectivity index (χ0) is 8.97. The summed E-state index contributed by atoms with van der Waals surface area (Å²) in [6.07, 6.45) is 0. The van der Waals surface area contributed by atoms with Gasteiger partial charge in [0.15, 0.2) is 0 Å². The molecule has 0 bridgehead atoms. The first kappa shape index (κ1) is 9.07. The highest BCUT2D eigenvalue weighted by molar-refractivity contribution is 5.30. The van der Waals surface area contributed by atoms with E-state index in [2.05, 4.69) is 6.54 Å². The minimum Gasteiger partial charge on any atom is -0.497 e. The summed E-state index contributed by atoms with van der Waals surface area (Å²) < 4.78 is 5.03. The molecule has 0 aliphatic heterocycles. The van der Waals surface area contributed by atoms with Crippen LogP contribution in [0.15, 0.2) is 24.3 Å². The van der Waals surface area contributed by atoms with E-state index in [1.54, 1.807) is 7.11 Å². The van der Waals surface area contributed by atoms with Crippen LogP contribution in [0.25, 0.3) is 0 Å². The van der Waals surface area contributed by atoms with Crippen LogP contribution >= 0.6 is 0 Å². The first-order valence-electron chi connectivity index (χ1n) is 3.80. The second-order valence-electron chi connectivity index (χ2n) is 2.73. The summed E-state index contributed by atoms with van der Waals surface area (Å²) in [6.45, 7) is 3.13. The highest BCUT2D eigenvalue weighted by Crippen LogP contribution is 2.12. The number of rotatable bonds is 3. The van der Waals surface area contributed by atoms with Crippen LogP contribution in [0.4, 0.5) is 0 Å². The number of benzene rings is 1. The number of ether oxygens (including phenoxy) is 1. The minimum atomic E-state index is 0.874. The molecule has 2 radical (unpaired) electrons. The lowest BCUT2D eigenvalue weighted by Gasteiger charge is -2.07. The average molecular weight is 163 g/mol. The molecular formula is C10H13NO. The molecule has 1 rings (SSSR count). The first-order chi connectivity index (χ1) is 5.72. The monoisotopic (exact) mass is 163 g/mol. The van der Waals surface area contributed by atoms with E-state index in [1.165, 1.54) is 0 Å². The Hall–Kier alpha value is -1.02. The molecule has 2 nitrogen and oxygen atoms in total. The summed E-state index contributed by atoms with van der Waals surface area (Å²) >= 11 is 0. The summed E-state index contributed by atoms with van der Waals surface area (Å²) in [5.74, 6) is 0.874. The fraction of sp³-hybridized carbons (Fsp3) is 0.300. The molecule has 0 aliphatic carbocycles. The molecule has 0 aromatic heterocycles. The van der Waals surface area contributed by atoms with Crippen molar-refractivity contribution in [2.75, 3.05) is 21.2 Å². The Kier molecular flexibility index (Phi) is 3.11. The van der Waals surface area contributed by atoms with Crippen molar-refractivity contribution >= 4 is 0 Å². The van der Waals surface area contributed by atoms with Crippen LogP contribution < -0.4 is 4.74 Å². The smallest absolute Gasteiger partial charge is 0.118 e. The topological polar surface area (TPSA) is 12.5 Å². The molecule has 0 spiro atoms. The van der Waals surface area contributed by atoms with E-state index >= 15 is 0 Å². The summed E-state index contributed by atoms with van der Waals surface area (Å²) in [5, 5.41) is 0. The van der Waals surface area contributed by atoms with Crippen molar-refractivity contribution in [1.29, 1.82) is 0 Å². The fourth-order valence-electron chi connectivity index (χ4n) is 0.924. The third kappa shape index (κ3) is 2.55. The number of hydrogen-bond donors (Lipinski definition) is 0. The quantitative estimate of drug-likeness (QED) is 0.628. The van der Waals surface area contributed by atoms with Crippen molar-refractivity contribution in [3.05, 3.63) is 36.4 Å². The van der Waals surface area contributed by atoms with Gasteiger partial charge in [0.05, 0.1) is 13.7 Å². The Labute approximate surface area is 73.8 Å². The van der Waals surface area contributed by atoms with Gasteiger partial charge in [-0.2, -0.15) is 0 Å². The molecule has 64 valence electrons. The predicted octanol–water partition coefficient (Wildman–Crippen LogP) is 1.64. The van der Waals surface area contributed by atoms with E-state index < -0.39 is 0 Å². The molecule has 1 aromatic carbocycles.